The average Bonchev–Trinajstić information content (AvgIpc) is 3.20. The molecule has 2 saturated heterocycles. The van der Waals surface area contributed by atoms with Crippen LogP contribution in [0.5, 0.6) is 11.5 Å². The van der Waals surface area contributed by atoms with Crippen LogP contribution in [0.3, 0.4) is 0 Å². The molecule has 92 valence electrons. The van der Waals surface area contributed by atoms with Gasteiger partial charge in [0.15, 0.2) is 11.5 Å². The number of hydrogen-bond acceptors (Lipinski definition) is 4. The second-order valence-corrected chi connectivity index (χ2v) is 4.65. The molecule has 2 aliphatic rings. The lowest BCUT2D eigenvalue weighted by atomic mass is 10.0. The summed E-state index contributed by atoms with van der Waals surface area (Å²) in [5, 5.41) is 10.0. The number of methoxy groups -OCH3 is 1. The van der Waals surface area contributed by atoms with Gasteiger partial charge < -0.3 is 19.3 Å². The Bertz CT molecular complexity index is 439. The molecule has 3 unspecified atom stereocenters. The molecule has 0 bridgehead atoms. The van der Waals surface area contributed by atoms with Gasteiger partial charge in [-0.2, -0.15) is 0 Å². The summed E-state index contributed by atoms with van der Waals surface area (Å²) in [6.07, 6.45) is 1.38. The van der Waals surface area contributed by atoms with Crippen molar-refractivity contribution in [3.8, 4) is 11.5 Å². The summed E-state index contributed by atoms with van der Waals surface area (Å²) in [6.45, 7) is 2.82. The van der Waals surface area contributed by atoms with Crippen molar-refractivity contribution >= 4 is 0 Å². The van der Waals surface area contributed by atoms with Crippen molar-refractivity contribution in [3.05, 3.63) is 23.3 Å². The summed E-state index contributed by atoms with van der Waals surface area (Å²) < 4.78 is 15.8. The summed E-state index contributed by atoms with van der Waals surface area (Å²) in [6, 6.07) is 3.84. The van der Waals surface area contributed by atoms with Crippen molar-refractivity contribution in [1.29, 1.82) is 0 Å². The van der Waals surface area contributed by atoms with Gasteiger partial charge in [-0.1, -0.05) is 0 Å². The van der Waals surface area contributed by atoms with Crippen molar-refractivity contribution in [1.82, 2.24) is 0 Å². The summed E-state index contributed by atoms with van der Waals surface area (Å²) >= 11 is 0. The number of benzene rings is 1. The molecule has 0 spiro atoms. The second kappa shape index (κ2) is 3.89. The fraction of sp³-hybridized carbons (Fsp3) is 0.538. The molecule has 4 nitrogen and oxygen atoms in total. The van der Waals surface area contributed by atoms with Gasteiger partial charge in [0.2, 0.25) is 0 Å². The molecule has 3 rings (SSSR count). The molecular weight excluding hydrogens is 220 g/mol. The highest BCUT2D eigenvalue weighted by molar-refractivity contribution is 5.50. The van der Waals surface area contributed by atoms with Crippen LogP contribution in [0.15, 0.2) is 12.1 Å². The van der Waals surface area contributed by atoms with Gasteiger partial charge in [0, 0.05) is 12.0 Å². The molecule has 4 heteroatoms. The zero-order chi connectivity index (χ0) is 12.0. The monoisotopic (exact) mass is 236 g/mol. The highest BCUT2D eigenvalue weighted by atomic mass is 16.6. The first-order chi connectivity index (χ1) is 8.19. The van der Waals surface area contributed by atoms with Crippen LogP contribution in [-0.4, -0.2) is 31.0 Å². The third-order valence-corrected chi connectivity index (χ3v) is 3.29. The van der Waals surface area contributed by atoms with Gasteiger partial charge in [0.25, 0.3) is 0 Å². The molecule has 0 saturated carbocycles. The first kappa shape index (κ1) is 10.9. The van der Waals surface area contributed by atoms with E-state index in [1.807, 2.05) is 19.1 Å². The molecule has 1 aromatic rings. The van der Waals surface area contributed by atoms with E-state index in [4.69, 9.17) is 14.2 Å². The zero-order valence-electron chi connectivity index (χ0n) is 9.97. The van der Waals surface area contributed by atoms with E-state index < -0.39 is 0 Å². The zero-order valence-corrected chi connectivity index (χ0v) is 9.97. The van der Waals surface area contributed by atoms with Crippen molar-refractivity contribution in [2.75, 3.05) is 13.7 Å². The Morgan fingerprint density at radius 2 is 2.18 bits per heavy atom. The predicted octanol–water partition coefficient (Wildman–Crippen LogP) is 1.80. The Kier molecular flexibility index (Phi) is 2.49. The minimum Gasteiger partial charge on any atom is -0.504 e. The van der Waals surface area contributed by atoms with E-state index in [-0.39, 0.29) is 24.1 Å². The quantitative estimate of drug-likeness (QED) is 0.810. The third-order valence-electron chi connectivity index (χ3n) is 3.29. The number of hydrogen-bond donors (Lipinski definition) is 1. The van der Waals surface area contributed by atoms with Gasteiger partial charge in [-0.05, 0) is 24.6 Å². The van der Waals surface area contributed by atoms with E-state index in [0.717, 1.165) is 24.2 Å². The van der Waals surface area contributed by atoms with Crippen LogP contribution in [0.1, 0.15) is 24.2 Å². The molecule has 17 heavy (non-hydrogen) atoms. The smallest absolute Gasteiger partial charge is 0.161 e. The van der Waals surface area contributed by atoms with Crippen molar-refractivity contribution in [3.63, 3.8) is 0 Å². The van der Waals surface area contributed by atoms with Crippen molar-refractivity contribution < 1.29 is 19.3 Å². The van der Waals surface area contributed by atoms with E-state index in [1.54, 1.807) is 7.11 Å². The molecule has 1 N–H and O–H groups in total. The molecule has 0 aromatic heterocycles. The van der Waals surface area contributed by atoms with Crippen LogP contribution < -0.4 is 4.74 Å². The Morgan fingerprint density at radius 1 is 1.47 bits per heavy atom. The summed E-state index contributed by atoms with van der Waals surface area (Å²) in [5.41, 5.74) is 1.95. The fourth-order valence-electron chi connectivity index (χ4n) is 2.13. The normalized spacial score (nSPS) is 30.1. The first-order valence-electron chi connectivity index (χ1n) is 5.86. The van der Waals surface area contributed by atoms with E-state index in [0.29, 0.717) is 5.75 Å². The molecule has 3 atom stereocenters. The maximum Gasteiger partial charge on any atom is 0.161 e. The topological polar surface area (TPSA) is 54.5 Å². The Labute approximate surface area is 100 Å². The van der Waals surface area contributed by atoms with Crippen LogP contribution in [0, 0.1) is 0 Å². The van der Waals surface area contributed by atoms with Crippen LogP contribution in [0.2, 0.25) is 0 Å². The molecular formula is C13H16O4. The summed E-state index contributed by atoms with van der Waals surface area (Å²) in [4.78, 5) is 0. The first-order valence-corrected chi connectivity index (χ1v) is 5.86. The molecule has 2 fully saturated rings. The van der Waals surface area contributed by atoms with E-state index in [9.17, 15) is 5.11 Å². The standard InChI is InChI=1S/C13H16O4/c1-7-13(17-7)9-3-8(4-10-6-16-10)12(14)11(5-9)15-2/h3,5,7,10,13-14H,4,6H2,1-2H3. The number of epoxide rings is 2. The van der Waals surface area contributed by atoms with Crippen molar-refractivity contribution in [2.45, 2.75) is 31.7 Å². The summed E-state index contributed by atoms with van der Waals surface area (Å²) in [5.74, 6) is 0.737. The Morgan fingerprint density at radius 3 is 2.71 bits per heavy atom. The maximum absolute atomic E-state index is 10.0. The highest BCUT2D eigenvalue weighted by Gasteiger charge is 2.37. The van der Waals surface area contributed by atoms with Gasteiger partial charge in [0.05, 0.1) is 25.9 Å². The van der Waals surface area contributed by atoms with Gasteiger partial charge in [-0.25, -0.2) is 0 Å². The minimum absolute atomic E-state index is 0.142. The highest BCUT2D eigenvalue weighted by Crippen LogP contribution is 2.43. The molecule has 0 amide bonds. The second-order valence-electron chi connectivity index (χ2n) is 4.65. The molecule has 2 heterocycles. The lowest BCUT2D eigenvalue weighted by Gasteiger charge is -2.10. The molecule has 1 aromatic carbocycles. The third kappa shape index (κ3) is 2.10. The number of rotatable bonds is 4. The van der Waals surface area contributed by atoms with Gasteiger partial charge in [0.1, 0.15) is 6.10 Å². The predicted molar refractivity (Wildman–Crippen MR) is 61.4 cm³/mol. The maximum atomic E-state index is 10.0. The lowest BCUT2D eigenvalue weighted by Crippen LogP contribution is -1.98. The van der Waals surface area contributed by atoms with E-state index in [2.05, 4.69) is 0 Å². The van der Waals surface area contributed by atoms with Crippen LogP contribution in [0.25, 0.3) is 0 Å². The largest absolute Gasteiger partial charge is 0.504 e. The number of ether oxygens (including phenoxy) is 3. The molecule has 2 aliphatic heterocycles. The Hall–Kier alpha value is -1.26. The Balaban J connectivity index is 1.93. The lowest BCUT2D eigenvalue weighted by molar-refractivity contribution is 0.361. The molecule has 0 aliphatic carbocycles. The molecule has 0 radical (unpaired) electrons. The van der Waals surface area contributed by atoms with Crippen LogP contribution in [0.4, 0.5) is 0 Å². The van der Waals surface area contributed by atoms with E-state index in [1.165, 1.54) is 0 Å². The van der Waals surface area contributed by atoms with Crippen LogP contribution in [-0.2, 0) is 15.9 Å². The summed E-state index contributed by atoms with van der Waals surface area (Å²) in [7, 11) is 1.56. The van der Waals surface area contributed by atoms with Gasteiger partial charge in [-0.15, -0.1) is 0 Å². The van der Waals surface area contributed by atoms with Gasteiger partial charge in [-0.3, -0.25) is 0 Å². The SMILES string of the molecule is COc1cc(C2OC2C)cc(CC2CO2)c1O. The number of phenolic OH excluding ortho intramolecular Hbond substituents is 1. The van der Waals surface area contributed by atoms with Gasteiger partial charge >= 0.3 is 0 Å². The minimum atomic E-state index is 0.142. The van der Waals surface area contributed by atoms with Crippen LogP contribution >= 0.6 is 0 Å². The number of phenols is 1. The average molecular weight is 236 g/mol. The van der Waals surface area contributed by atoms with E-state index >= 15 is 0 Å². The fourth-order valence-corrected chi connectivity index (χ4v) is 2.13. The number of aromatic hydroxyl groups is 1. The van der Waals surface area contributed by atoms with Crippen molar-refractivity contribution in [2.24, 2.45) is 0 Å².